The summed E-state index contributed by atoms with van der Waals surface area (Å²) in [6.45, 7) is -0.443. The molecule has 6 nitrogen and oxygen atoms in total. The number of hydrogen-bond donors (Lipinski definition) is 2. The number of imide groups is 1. The number of fused-ring (bicyclic) bond motifs is 1. The van der Waals surface area contributed by atoms with Crippen molar-refractivity contribution in [2.24, 2.45) is 0 Å². The molecule has 0 aliphatic carbocycles. The number of thiophene rings is 1. The SMILES string of the molecule is Nc1c(C(=O)N2CC(=O)NC(=O)C2)sc2cccc(F)c12. The third-order valence-electron chi connectivity index (χ3n) is 3.13. The molecule has 0 atom stereocenters. The Bertz CT molecular complexity index is 770. The lowest BCUT2D eigenvalue weighted by molar-refractivity contribution is -0.135. The summed E-state index contributed by atoms with van der Waals surface area (Å²) in [7, 11) is 0. The molecular weight excluding hydrogens is 297 g/mol. The zero-order valence-electron chi connectivity index (χ0n) is 10.7. The highest BCUT2D eigenvalue weighted by Gasteiger charge is 2.30. The molecule has 0 radical (unpaired) electrons. The van der Waals surface area contributed by atoms with Crippen molar-refractivity contribution in [2.45, 2.75) is 0 Å². The van der Waals surface area contributed by atoms with Gasteiger partial charge < -0.3 is 10.6 Å². The largest absolute Gasteiger partial charge is 0.397 e. The Labute approximate surface area is 122 Å². The van der Waals surface area contributed by atoms with E-state index in [4.69, 9.17) is 5.73 Å². The highest BCUT2D eigenvalue weighted by atomic mass is 32.1. The Morgan fingerprint density at radius 3 is 2.57 bits per heavy atom. The minimum atomic E-state index is -0.550. The van der Waals surface area contributed by atoms with Crippen LogP contribution in [0.3, 0.4) is 0 Å². The summed E-state index contributed by atoms with van der Waals surface area (Å²) >= 11 is 1.04. The van der Waals surface area contributed by atoms with Crippen molar-refractivity contribution < 1.29 is 18.8 Å². The molecule has 3 N–H and O–H groups in total. The van der Waals surface area contributed by atoms with Gasteiger partial charge in [-0.2, -0.15) is 0 Å². The Morgan fingerprint density at radius 2 is 1.95 bits per heavy atom. The monoisotopic (exact) mass is 307 g/mol. The van der Waals surface area contributed by atoms with Crippen molar-refractivity contribution in [3.8, 4) is 0 Å². The van der Waals surface area contributed by atoms with Crippen LogP contribution in [0.4, 0.5) is 10.1 Å². The first kappa shape index (κ1) is 13.5. The van der Waals surface area contributed by atoms with Gasteiger partial charge in [0.25, 0.3) is 5.91 Å². The van der Waals surface area contributed by atoms with Crippen LogP contribution in [0.25, 0.3) is 10.1 Å². The van der Waals surface area contributed by atoms with Gasteiger partial charge in [-0.25, -0.2) is 4.39 Å². The van der Waals surface area contributed by atoms with Crippen LogP contribution in [0.1, 0.15) is 9.67 Å². The van der Waals surface area contributed by atoms with E-state index >= 15 is 0 Å². The first-order chi connectivity index (χ1) is 9.97. The molecule has 108 valence electrons. The van der Waals surface area contributed by atoms with E-state index in [1.807, 2.05) is 0 Å². The van der Waals surface area contributed by atoms with Crippen LogP contribution in [0.5, 0.6) is 0 Å². The molecule has 1 saturated heterocycles. The second-order valence-electron chi connectivity index (χ2n) is 4.59. The third-order valence-corrected chi connectivity index (χ3v) is 4.29. The summed E-state index contributed by atoms with van der Waals surface area (Å²) in [5.41, 5.74) is 5.89. The Kier molecular flexibility index (Phi) is 3.09. The van der Waals surface area contributed by atoms with Crippen LogP contribution in [0, 0.1) is 5.82 Å². The molecule has 8 heteroatoms. The van der Waals surface area contributed by atoms with E-state index in [2.05, 4.69) is 5.32 Å². The van der Waals surface area contributed by atoms with Crippen LogP contribution >= 0.6 is 11.3 Å². The van der Waals surface area contributed by atoms with Gasteiger partial charge in [0.1, 0.15) is 23.8 Å². The fourth-order valence-corrected chi connectivity index (χ4v) is 3.32. The number of nitrogens with two attached hydrogens (primary N) is 1. The summed E-state index contributed by atoms with van der Waals surface area (Å²) in [5.74, 6) is -2.15. The maximum atomic E-state index is 13.8. The maximum Gasteiger partial charge on any atom is 0.267 e. The van der Waals surface area contributed by atoms with Crippen LogP contribution in [0.15, 0.2) is 18.2 Å². The Hall–Kier alpha value is -2.48. The molecule has 2 heterocycles. The molecule has 0 unspecified atom stereocenters. The van der Waals surface area contributed by atoms with Crippen LogP contribution in [-0.4, -0.2) is 35.7 Å². The number of nitrogens with zero attached hydrogens (tertiary/aromatic N) is 1. The van der Waals surface area contributed by atoms with E-state index in [0.29, 0.717) is 4.70 Å². The first-order valence-electron chi connectivity index (χ1n) is 6.06. The van der Waals surface area contributed by atoms with Gasteiger partial charge in [-0.3, -0.25) is 19.7 Å². The predicted octanol–water partition coefficient (Wildman–Crippen LogP) is 0.721. The summed E-state index contributed by atoms with van der Waals surface area (Å²) in [6.07, 6.45) is 0. The van der Waals surface area contributed by atoms with Crippen molar-refractivity contribution >= 4 is 44.8 Å². The van der Waals surface area contributed by atoms with Crippen molar-refractivity contribution in [3.05, 3.63) is 28.9 Å². The summed E-state index contributed by atoms with van der Waals surface area (Å²) in [6, 6.07) is 4.45. The molecule has 1 aromatic carbocycles. The molecular formula is C13H10FN3O3S. The molecule has 1 aromatic heterocycles. The van der Waals surface area contributed by atoms with Crippen molar-refractivity contribution in [3.63, 3.8) is 0 Å². The highest BCUT2D eigenvalue weighted by Crippen LogP contribution is 2.36. The van der Waals surface area contributed by atoms with Crippen molar-refractivity contribution in [2.75, 3.05) is 18.8 Å². The van der Waals surface area contributed by atoms with Crippen LogP contribution < -0.4 is 11.1 Å². The number of halogens is 1. The van der Waals surface area contributed by atoms with Gasteiger partial charge in [0, 0.05) is 4.70 Å². The van der Waals surface area contributed by atoms with Gasteiger partial charge in [-0.15, -0.1) is 11.3 Å². The van der Waals surface area contributed by atoms with E-state index in [-0.39, 0.29) is 29.0 Å². The lowest BCUT2D eigenvalue weighted by atomic mass is 10.2. The molecule has 1 aliphatic heterocycles. The fourth-order valence-electron chi connectivity index (χ4n) is 2.21. The molecule has 0 spiro atoms. The lowest BCUT2D eigenvalue weighted by Crippen LogP contribution is -2.53. The number of carbonyl (C=O) groups is 3. The number of nitrogen functional groups attached to an aromatic ring is 1. The second kappa shape index (κ2) is 4.81. The average molecular weight is 307 g/mol. The maximum absolute atomic E-state index is 13.8. The second-order valence-corrected chi connectivity index (χ2v) is 5.64. The van der Waals surface area contributed by atoms with Gasteiger partial charge in [0.15, 0.2) is 0 Å². The molecule has 3 amide bonds. The number of hydrogen-bond acceptors (Lipinski definition) is 5. The molecule has 0 saturated carbocycles. The summed E-state index contributed by atoms with van der Waals surface area (Å²) < 4.78 is 14.3. The molecule has 3 rings (SSSR count). The quantitative estimate of drug-likeness (QED) is 0.759. The normalized spacial score (nSPS) is 15.4. The molecule has 21 heavy (non-hydrogen) atoms. The number of rotatable bonds is 1. The fraction of sp³-hybridized carbons (Fsp3) is 0.154. The van der Waals surface area contributed by atoms with Gasteiger partial charge in [0.2, 0.25) is 11.8 Å². The number of nitrogens with one attached hydrogen (secondary N) is 1. The standard InChI is InChI=1S/C13H10FN3O3S/c14-6-2-1-3-7-10(6)11(15)12(21-7)13(20)17-4-8(18)16-9(19)5-17/h1-3H,4-5,15H2,(H,16,18,19). The molecule has 1 aliphatic rings. The van der Waals surface area contributed by atoms with Crippen LogP contribution in [-0.2, 0) is 9.59 Å². The van der Waals surface area contributed by atoms with Gasteiger partial charge >= 0.3 is 0 Å². The smallest absolute Gasteiger partial charge is 0.267 e. The predicted molar refractivity (Wildman–Crippen MR) is 75.2 cm³/mol. The third kappa shape index (κ3) is 2.23. The number of amides is 3. The van der Waals surface area contributed by atoms with Gasteiger partial charge in [-0.05, 0) is 12.1 Å². The molecule has 2 aromatic rings. The zero-order valence-corrected chi connectivity index (χ0v) is 11.5. The number of carbonyl (C=O) groups excluding carboxylic acids is 3. The number of anilines is 1. The number of benzene rings is 1. The summed E-state index contributed by atoms with van der Waals surface area (Å²) in [4.78, 5) is 36.3. The van der Waals surface area contributed by atoms with Crippen molar-refractivity contribution in [1.82, 2.24) is 10.2 Å². The van der Waals surface area contributed by atoms with Crippen LogP contribution in [0.2, 0.25) is 0 Å². The Morgan fingerprint density at radius 1 is 1.29 bits per heavy atom. The minimum absolute atomic E-state index is 0.0385. The van der Waals surface area contributed by atoms with Gasteiger partial charge in [0.05, 0.1) is 11.1 Å². The summed E-state index contributed by atoms with van der Waals surface area (Å²) in [5, 5.41) is 2.30. The zero-order chi connectivity index (χ0) is 15.1. The number of piperazine rings is 1. The first-order valence-corrected chi connectivity index (χ1v) is 6.87. The van der Waals surface area contributed by atoms with Gasteiger partial charge in [-0.1, -0.05) is 6.07 Å². The minimum Gasteiger partial charge on any atom is -0.397 e. The average Bonchev–Trinajstić information content (AvgIpc) is 2.75. The lowest BCUT2D eigenvalue weighted by Gasteiger charge is -2.25. The highest BCUT2D eigenvalue weighted by molar-refractivity contribution is 7.21. The van der Waals surface area contributed by atoms with E-state index in [9.17, 15) is 18.8 Å². The Balaban J connectivity index is 2.02. The molecule has 0 bridgehead atoms. The topological polar surface area (TPSA) is 92.5 Å². The molecule has 1 fully saturated rings. The van der Waals surface area contributed by atoms with Crippen molar-refractivity contribution in [1.29, 1.82) is 0 Å². The van der Waals surface area contributed by atoms with E-state index in [1.54, 1.807) is 6.07 Å². The van der Waals surface area contributed by atoms with E-state index in [1.165, 1.54) is 12.1 Å². The van der Waals surface area contributed by atoms with E-state index < -0.39 is 23.5 Å². The van der Waals surface area contributed by atoms with E-state index in [0.717, 1.165) is 16.2 Å².